The Morgan fingerprint density at radius 1 is 0.840 bits per heavy atom. The number of methoxy groups -OCH3 is 4. The Labute approximate surface area is 146 Å². The molecule has 0 saturated carbocycles. The summed E-state index contributed by atoms with van der Waals surface area (Å²) in [7, 11) is 6.14. The van der Waals surface area contributed by atoms with Gasteiger partial charge in [-0.15, -0.1) is 0 Å². The van der Waals surface area contributed by atoms with Crippen molar-refractivity contribution in [3.05, 3.63) is 48.0 Å². The van der Waals surface area contributed by atoms with Gasteiger partial charge in [-0.2, -0.15) is 0 Å². The van der Waals surface area contributed by atoms with E-state index in [1.165, 1.54) is 27.4 Å². The van der Waals surface area contributed by atoms with Gasteiger partial charge in [-0.1, -0.05) is 6.07 Å². The van der Waals surface area contributed by atoms with Crippen LogP contribution < -0.4 is 23.7 Å². The van der Waals surface area contributed by atoms with Crippen molar-refractivity contribution in [1.29, 1.82) is 0 Å². The Kier molecular flexibility index (Phi) is 6.28. The van der Waals surface area contributed by atoms with Gasteiger partial charge in [0.15, 0.2) is 11.5 Å². The summed E-state index contributed by atoms with van der Waals surface area (Å²) in [6.45, 7) is 0. The van der Waals surface area contributed by atoms with Crippen molar-refractivity contribution in [3.8, 4) is 28.7 Å². The van der Waals surface area contributed by atoms with Gasteiger partial charge in [0.1, 0.15) is 11.5 Å². The maximum atomic E-state index is 12.0. The van der Waals surface area contributed by atoms with Crippen molar-refractivity contribution in [1.82, 2.24) is 0 Å². The van der Waals surface area contributed by atoms with Crippen LogP contribution in [0, 0.1) is 0 Å². The summed E-state index contributed by atoms with van der Waals surface area (Å²) in [4.78, 5) is 12.0. The Balaban J connectivity index is 2.16. The number of carbonyl (C=O) groups excluding carboxylic acids is 1. The van der Waals surface area contributed by atoms with Crippen LogP contribution >= 0.6 is 0 Å². The second-order valence-electron chi connectivity index (χ2n) is 4.89. The van der Waals surface area contributed by atoms with Crippen molar-refractivity contribution in [3.63, 3.8) is 0 Å². The fraction of sp³-hybridized carbons (Fsp3) is 0.211. The van der Waals surface area contributed by atoms with Crippen LogP contribution in [0.2, 0.25) is 0 Å². The van der Waals surface area contributed by atoms with Gasteiger partial charge in [0.2, 0.25) is 5.75 Å². The Morgan fingerprint density at radius 3 is 2.04 bits per heavy atom. The Morgan fingerprint density at radius 2 is 1.48 bits per heavy atom. The summed E-state index contributed by atoms with van der Waals surface area (Å²) in [6, 6.07) is 10.3. The highest BCUT2D eigenvalue weighted by Gasteiger charge is 2.12. The quantitative estimate of drug-likeness (QED) is 0.436. The van der Waals surface area contributed by atoms with Gasteiger partial charge in [-0.3, -0.25) is 0 Å². The molecule has 0 aliphatic carbocycles. The highest BCUT2D eigenvalue weighted by molar-refractivity contribution is 5.89. The molecule has 0 N–H and O–H groups in total. The number of esters is 1. The monoisotopic (exact) mass is 344 g/mol. The van der Waals surface area contributed by atoms with Gasteiger partial charge >= 0.3 is 5.97 Å². The fourth-order valence-corrected chi connectivity index (χ4v) is 2.18. The van der Waals surface area contributed by atoms with E-state index in [1.807, 2.05) is 0 Å². The van der Waals surface area contributed by atoms with Crippen molar-refractivity contribution in [2.75, 3.05) is 28.4 Å². The van der Waals surface area contributed by atoms with Crippen molar-refractivity contribution in [2.24, 2.45) is 0 Å². The number of hydrogen-bond donors (Lipinski definition) is 0. The first kappa shape index (κ1) is 18.2. The standard InChI is InChI=1S/C19H20O6/c1-21-14-6-5-7-15(12-14)25-18(20)9-8-13-10-16(22-2)19(24-4)17(11-13)23-3/h5-12H,1-4H3/b9-8+. The summed E-state index contributed by atoms with van der Waals surface area (Å²) >= 11 is 0. The molecule has 0 bridgehead atoms. The Hall–Kier alpha value is -3.15. The van der Waals surface area contributed by atoms with Gasteiger partial charge in [-0.25, -0.2) is 4.79 Å². The first-order valence-corrected chi connectivity index (χ1v) is 7.45. The summed E-state index contributed by atoms with van der Waals surface area (Å²) in [5.74, 6) is 1.99. The minimum atomic E-state index is -0.512. The van der Waals surface area contributed by atoms with E-state index in [0.29, 0.717) is 34.3 Å². The summed E-state index contributed by atoms with van der Waals surface area (Å²) in [5, 5.41) is 0. The topological polar surface area (TPSA) is 63.2 Å². The molecule has 0 fully saturated rings. The molecular weight excluding hydrogens is 324 g/mol. The molecule has 2 aromatic rings. The van der Waals surface area contributed by atoms with Gasteiger partial charge in [0, 0.05) is 12.1 Å². The lowest BCUT2D eigenvalue weighted by Gasteiger charge is -2.12. The van der Waals surface area contributed by atoms with E-state index in [9.17, 15) is 4.79 Å². The molecule has 0 unspecified atom stereocenters. The minimum Gasteiger partial charge on any atom is -0.497 e. The molecule has 0 amide bonds. The van der Waals surface area contributed by atoms with E-state index in [4.69, 9.17) is 23.7 Å². The molecule has 2 aromatic carbocycles. The molecule has 2 rings (SSSR count). The predicted molar refractivity (Wildman–Crippen MR) is 93.8 cm³/mol. The summed E-state index contributed by atoms with van der Waals surface area (Å²) in [5.41, 5.74) is 0.706. The van der Waals surface area contributed by atoms with Crippen LogP contribution in [0.4, 0.5) is 0 Å². The molecule has 132 valence electrons. The maximum Gasteiger partial charge on any atom is 0.336 e. The molecule has 0 atom stereocenters. The van der Waals surface area contributed by atoms with Crippen LogP contribution in [0.15, 0.2) is 42.5 Å². The minimum absolute atomic E-state index is 0.402. The third-order valence-electron chi connectivity index (χ3n) is 3.36. The van der Waals surface area contributed by atoms with Gasteiger partial charge in [0.05, 0.1) is 28.4 Å². The van der Waals surface area contributed by atoms with E-state index < -0.39 is 5.97 Å². The highest BCUT2D eigenvalue weighted by Crippen LogP contribution is 2.38. The highest BCUT2D eigenvalue weighted by atomic mass is 16.5. The van der Waals surface area contributed by atoms with E-state index in [2.05, 4.69) is 0 Å². The SMILES string of the molecule is COc1cccc(OC(=O)/C=C/c2cc(OC)c(OC)c(OC)c2)c1. The van der Waals surface area contributed by atoms with Gasteiger partial charge < -0.3 is 23.7 Å². The van der Waals surface area contributed by atoms with Crippen LogP contribution in [0.25, 0.3) is 6.08 Å². The largest absolute Gasteiger partial charge is 0.497 e. The number of rotatable bonds is 7. The van der Waals surface area contributed by atoms with E-state index in [-0.39, 0.29) is 0 Å². The Bertz CT molecular complexity index is 741. The number of carbonyl (C=O) groups is 1. The predicted octanol–water partition coefficient (Wildman–Crippen LogP) is 3.34. The molecule has 25 heavy (non-hydrogen) atoms. The third kappa shape index (κ3) is 4.67. The van der Waals surface area contributed by atoms with Crippen LogP contribution in [-0.2, 0) is 4.79 Å². The maximum absolute atomic E-state index is 12.0. The fourth-order valence-electron chi connectivity index (χ4n) is 2.18. The molecular formula is C19H20O6. The molecule has 0 radical (unpaired) electrons. The van der Waals surface area contributed by atoms with E-state index in [1.54, 1.807) is 49.6 Å². The number of hydrogen-bond acceptors (Lipinski definition) is 6. The number of ether oxygens (including phenoxy) is 5. The second-order valence-corrected chi connectivity index (χ2v) is 4.89. The van der Waals surface area contributed by atoms with E-state index in [0.717, 1.165) is 0 Å². The molecule has 0 aliphatic rings. The summed E-state index contributed by atoms with van der Waals surface area (Å²) in [6.07, 6.45) is 2.92. The molecule has 0 aromatic heterocycles. The second kappa shape index (κ2) is 8.63. The average molecular weight is 344 g/mol. The molecule has 0 saturated heterocycles. The third-order valence-corrected chi connectivity index (χ3v) is 3.36. The summed E-state index contributed by atoms with van der Waals surface area (Å²) < 4.78 is 26.2. The first-order chi connectivity index (χ1) is 12.1. The normalized spacial score (nSPS) is 10.4. The zero-order chi connectivity index (χ0) is 18.2. The zero-order valence-electron chi connectivity index (χ0n) is 14.6. The lowest BCUT2D eigenvalue weighted by molar-refractivity contribution is -0.128. The van der Waals surface area contributed by atoms with Crippen LogP contribution in [-0.4, -0.2) is 34.4 Å². The smallest absolute Gasteiger partial charge is 0.336 e. The van der Waals surface area contributed by atoms with Gasteiger partial charge in [-0.05, 0) is 35.9 Å². The van der Waals surface area contributed by atoms with Crippen molar-refractivity contribution >= 4 is 12.0 Å². The van der Waals surface area contributed by atoms with E-state index >= 15 is 0 Å². The zero-order valence-corrected chi connectivity index (χ0v) is 14.6. The molecule has 0 spiro atoms. The van der Waals surface area contributed by atoms with Crippen LogP contribution in [0.1, 0.15) is 5.56 Å². The molecule has 6 nitrogen and oxygen atoms in total. The van der Waals surface area contributed by atoms with Crippen molar-refractivity contribution in [2.45, 2.75) is 0 Å². The van der Waals surface area contributed by atoms with Crippen LogP contribution in [0.3, 0.4) is 0 Å². The lowest BCUT2D eigenvalue weighted by atomic mass is 10.1. The molecule has 0 heterocycles. The number of benzene rings is 2. The van der Waals surface area contributed by atoms with Crippen LogP contribution in [0.5, 0.6) is 28.7 Å². The average Bonchev–Trinajstić information content (AvgIpc) is 2.65. The lowest BCUT2D eigenvalue weighted by Crippen LogP contribution is -2.03. The molecule has 0 aliphatic heterocycles. The first-order valence-electron chi connectivity index (χ1n) is 7.45. The molecule has 6 heteroatoms. The van der Waals surface area contributed by atoms with Crippen molar-refractivity contribution < 1.29 is 28.5 Å². The van der Waals surface area contributed by atoms with Gasteiger partial charge in [0.25, 0.3) is 0 Å².